The van der Waals surface area contributed by atoms with E-state index < -0.39 is 77.5 Å². The molecule has 0 bridgehead atoms. The van der Waals surface area contributed by atoms with Gasteiger partial charge >= 0.3 is 18.4 Å². The van der Waals surface area contributed by atoms with Gasteiger partial charge in [-0.25, -0.2) is 4.79 Å². The number of amides is 1. The van der Waals surface area contributed by atoms with Crippen molar-refractivity contribution in [3.63, 3.8) is 0 Å². The molecule has 0 saturated carbocycles. The van der Waals surface area contributed by atoms with Gasteiger partial charge in [0, 0.05) is 0 Å². The topological polar surface area (TPSA) is 151 Å². The fourth-order valence-electron chi connectivity index (χ4n) is 3.97. The normalized spacial score (nSPS) is 14.4. The van der Waals surface area contributed by atoms with Gasteiger partial charge in [-0.05, 0) is 37.8 Å². The number of ether oxygens (including phenoxy) is 1. The molecule has 3 rings (SSSR count). The van der Waals surface area contributed by atoms with Gasteiger partial charge in [0.15, 0.2) is 0 Å². The third-order valence-corrected chi connectivity index (χ3v) is 6.01. The summed E-state index contributed by atoms with van der Waals surface area (Å²) in [6.45, 7) is 1.01. The van der Waals surface area contributed by atoms with E-state index in [2.05, 4.69) is 10.2 Å². The predicted molar refractivity (Wildman–Crippen MR) is 131 cm³/mol. The fourth-order valence-corrected chi connectivity index (χ4v) is 3.97. The summed E-state index contributed by atoms with van der Waals surface area (Å²) in [6, 6.07) is 8.05. The second kappa shape index (κ2) is 12.7. The van der Waals surface area contributed by atoms with Crippen LogP contribution < -0.4 is 10.9 Å². The van der Waals surface area contributed by atoms with E-state index in [0.29, 0.717) is 18.4 Å². The van der Waals surface area contributed by atoms with Gasteiger partial charge in [0.1, 0.15) is 11.3 Å². The Labute approximate surface area is 228 Å². The molecule has 224 valence electrons. The molecule has 0 aliphatic rings. The number of rotatable bonds is 12. The molecule has 3 aromatic rings. The van der Waals surface area contributed by atoms with E-state index in [1.165, 1.54) is 12.1 Å². The summed E-state index contributed by atoms with van der Waals surface area (Å²) in [5.41, 5.74) is -7.91. The lowest BCUT2D eigenvalue weighted by Gasteiger charge is -2.32. The summed E-state index contributed by atoms with van der Waals surface area (Å²) in [5, 5.41) is 27.1. The van der Waals surface area contributed by atoms with Gasteiger partial charge in [0.05, 0.1) is 18.4 Å². The van der Waals surface area contributed by atoms with Gasteiger partial charge in [-0.15, -0.1) is 10.2 Å². The first-order chi connectivity index (χ1) is 19.1. The molecule has 0 radical (unpaired) electrons. The predicted octanol–water partition coefficient (Wildman–Crippen LogP) is 5.84. The molecule has 2 atom stereocenters. The molecule has 0 saturated heterocycles. The van der Waals surface area contributed by atoms with Gasteiger partial charge in [-0.3, -0.25) is 10.1 Å². The lowest BCUT2D eigenvalue weighted by molar-refractivity contribution is -0.300. The van der Waals surface area contributed by atoms with Crippen LogP contribution >= 0.6 is 0 Å². The van der Waals surface area contributed by atoms with E-state index in [4.69, 9.17) is 14.3 Å². The number of hydrogen-bond acceptors (Lipinski definition) is 7. The standard InChI is InChI=1S/C25H26F6N4O6/c1-14(36)8-4-3-7-11-23(25(29,30)31,40-13-15-9-5-2-6-10-15)21-35-34-20(41-21)18-17(32-22(38)39)12-16(19(37)33-18)24(26,27)28/h2,5-6,9-10,12,14,32,36H,3-4,7-8,11,13H2,1H3,(H,33,37)(H,38,39)/t14-,23+/m0/s1. The van der Waals surface area contributed by atoms with E-state index in [1.807, 2.05) is 0 Å². The van der Waals surface area contributed by atoms with Gasteiger partial charge in [0.25, 0.3) is 17.3 Å². The zero-order valence-corrected chi connectivity index (χ0v) is 21.5. The van der Waals surface area contributed by atoms with Crippen molar-refractivity contribution in [2.24, 2.45) is 0 Å². The second-order valence-electron chi connectivity index (χ2n) is 9.19. The zero-order valence-electron chi connectivity index (χ0n) is 21.5. The first-order valence-electron chi connectivity index (χ1n) is 12.3. The number of anilines is 1. The number of carbonyl (C=O) groups is 1. The summed E-state index contributed by atoms with van der Waals surface area (Å²) in [4.78, 5) is 25.1. The Morgan fingerprint density at radius 3 is 2.37 bits per heavy atom. The number of H-pyrrole nitrogens is 1. The van der Waals surface area contributed by atoms with Crippen LogP contribution in [-0.2, 0) is 23.1 Å². The molecule has 1 amide bonds. The third kappa shape index (κ3) is 7.85. The summed E-state index contributed by atoms with van der Waals surface area (Å²) in [7, 11) is 0. The minimum absolute atomic E-state index is 0.0539. The highest BCUT2D eigenvalue weighted by Crippen LogP contribution is 2.47. The van der Waals surface area contributed by atoms with E-state index >= 15 is 0 Å². The highest BCUT2D eigenvalue weighted by Gasteiger charge is 2.61. The number of unbranched alkanes of at least 4 members (excludes halogenated alkanes) is 2. The number of carboxylic acid groups (broad SMARTS) is 1. The second-order valence-corrected chi connectivity index (χ2v) is 9.19. The first kappa shape index (κ1) is 31.6. The molecule has 0 fully saturated rings. The average molecular weight is 592 g/mol. The summed E-state index contributed by atoms with van der Waals surface area (Å²) >= 11 is 0. The van der Waals surface area contributed by atoms with Crippen molar-refractivity contribution in [2.75, 3.05) is 5.32 Å². The van der Waals surface area contributed by atoms with Crippen LogP contribution in [0.5, 0.6) is 0 Å². The Balaban J connectivity index is 2.08. The maximum absolute atomic E-state index is 14.7. The van der Waals surface area contributed by atoms with E-state index in [1.54, 1.807) is 35.4 Å². The van der Waals surface area contributed by atoms with Gasteiger partial charge in [-0.2, -0.15) is 26.3 Å². The number of aliphatic hydroxyl groups is 1. The van der Waals surface area contributed by atoms with Gasteiger partial charge in [0.2, 0.25) is 5.60 Å². The molecule has 2 aromatic heterocycles. The largest absolute Gasteiger partial charge is 0.465 e. The van der Waals surface area contributed by atoms with E-state index in [-0.39, 0.29) is 18.9 Å². The Morgan fingerprint density at radius 2 is 1.78 bits per heavy atom. The van der Waals surface area contributed by atoms with E-state index in [0.717, 1.165) is 0 Å². The molecule has 2 heterocycles. The van der Waals surface area contributed by atoms with Crippen LogP contribution in [0, 0.1) is 0 Å². The summed E-state index contributed by atoms with van der Waals surface area (Å²) in [5.74, 6) is -1.99. The number of nitrogens with zero attached hydrogens (tertiary/aromatic N) is 2. The highest BCUT2D eigenvalue weighted by atomic mass is 19.4. The zero-order chi connectivity index (χ0) is 30.4. The van der Waals surface area contributed by atoms with Crippen molar-refractivity contribution in [1.29, 1.82) is 0 Å². The Morgan fingerprint density at radius 1 is 1.10 bits per heavy atom. The highest BCUT2D eigenvalue weighted by molar-refractivity contribution is 5.87. The van der Waals surface area contributed by atoms with Crippen LogP contribution in [-0.4, -0.2) is 43.8 Å². The monoisotopic (exact) mass is 592 g/mol. The number of nitrogens with one attached hydrogen (secondary N) is 2. The minimum Gasteiger partial charge on any atom is -0.465 e. The van der Waals surface area contributed by atoms with Crippen LogP contribution in [0.2, 0.25) is 0 Å². The minimum atomic E-state index is -5.18. The van der Waals surface area contributed by atoms with Crippen molar-refractivity contribution >= 4 is 11.8 Å². The maximum atomic E-state index is 14.7. The lowest BCUT2D eigenvalue weighted by Crippen LogP contribution is -2.45. The lowest BCUT2D eigenvalue weighted by atomic mass is 9.94. The molecule has 41 heavy (non-hydrogen) atoms. The molecule has 0 aliphatic heterocycles. The molecular formula is C25H26F6N4O6. The Hall–Kier alpha value is -3.92. The number of pyridine rings is 1. The Kier molecular flexibility index (Phi) is 9.81. The summed E-state index contributed by atoms with van der Waals surface area (Å²) in [6.07, 6.45) is -12.5. The SMILES string of the molecule is C[C@H](O)CCCCC[C@@](OCc1ccccc1)(c1nnc(-c2[nH]c(=O)c(C(F)(F)F)cc2NC(=O)O)o1)C(F)(F)F. The number of aromatic amines is 1. The van der Waals surface area contributed by atoms with Crippen LogP contribution in [0.3, 0.4) is 0 Å². The molecular weight excluding hydrogens is 566 g/mol. The van der Waals surface area contributed by atoms with Crippen LogP contribution in [0.1, 0.15) is 56.0 Å². The molecule has 0 spiro atoms. The van der Waals surface area contributed by atoms with Crippen LogP contribution in [0.25, 0.3) is 11.6 Å². The number of hydrogen-bond donors (Lipinski definition) is 4. The van der Waals surface area contributed by atoms with Gasteiger partial charge < -0.3 is 24.4 Å². The quantitative estimate of drug-likeness (QED) is 0.151. The average Bonchev–Trinajstić information content (AvgIpc) is 3.35. The van der Waals surface area contributed by atoms with Crippen LogP contribution in [0.15, 0.2) is 45.6 Å². The van der Waals surface area contributed by atoms with Gasteiger partial charge in [-0.1, -0.05) is 43.2 Å². The van der Waals surface area contributed by atoms with Crippen molar-refractivity contribution in [2.45, 2.75) is 69.7 Å². The smallest absolute Gasteiger partial charge is 0.426 e. The number of benzene rings is 1. The molecule has 16 heteroatoms. The maximum Gasteiger partial charge on any atom is 0.426 e. The molecule has 4 N–H and O–H groups in total. The first-order valence-corrected chi connectivity index (χ1v) is 12.3. The number of halogens is 6. The van der Waals surface area contributed by atoms with Crippen molar-refractivity contribution in [3.05, 3.63) is 63.8 Å². The fraction of sp³-hybridized carbons (Fsp3) is 0.440. The number of aromatic nitrogens is 3. The van der Waals surface area contributed by atoms with Crippen LogP contribution in [0.4, 0.5) is 36.8 Å². The van der Waals surface area contributed by atoms with Crippen molar-refractivity contribution in [3.8, 4) is 11.6 Å². The third-order valence-electron chi connectivity index (χ3n) is 6.01. The van der Waals surface area contributed by atoms with Crippen molar-refractivity contribution < 1.29 is 50.5 Å². The van der Waals surface area contributed by atoms with E-state index in [9.17, 15) is 41.0 Å². The molecule has 0 unspecified atom stereocenters. The number of alkyl halides is 6. The molecule has 10 nitrogen and oxygen atoms in total. The Bertz CT molecular complexity index is 1370. The molecule has 1 aromatic carbocycles. The number of aliphatic hydroxyl groups excluding tert-OH is 1. The molecule has 0 aliphatic carbocycles. The van der Waals surface area contributed by atoms with Crippen molar-refractivity contribution in [1.82, 2.24) is 15.2 Å². The summed E-state index contributed by atoms with van der Waals surface area (Å²) < 4.78 is 94.6.